The summed E-state index contributed by atoms with van der Waals surface area (Å²) < 4.78 is 26.4. The van der Waals surface area contributed by atoms with Crippen molar-refractivity contribution in [3.63, 3.8) is 0 Å². The number of hydrogen-bond donors (Lipinski definition) is 2. The third kappa shape index (κ3) is 2.87. The van der Waals surface area contributed by atoms with E-state index in [1.165, 1.54) is 12.5 Å². The molecule has 1 aliphatic rings. The SMILES string of the molecule is CC1CCCC(Nc2cc(F)cc(F)c2N)C1. The number of halogens is 2. The van der Waals surface area contributed by atoms with Crippen molar-refractivity contribution < 1.29 is 8.78 Å². The van der Waals surface area contributed by atoms with Gasteiger partial charge in [0.25, 0.3) is 0 Å². The molecule has 1 aliphatic carbocycles. The van der Waals surface area contributed by atoms with Crippen molar-refractivity contribution in [1.82, 2.24) is 0 Å². The van der Waals surface area contributed by atoms with Crippen LogP contribution in [0.15, 0.2) is 12.1 Å². The summed E-state index contributed by atoms with van der Waals surface area (Å²) in [5, 5.41) is 3.16. The standard InChI is InChI=1S/C13H18F2N2/c1-8-3-2-4-10(5-8)17-12-7-9(14)6-11(15)13(12)16/h6-8,10,17H,2-5,16H2,1H3. The van der Waals surface area contributed by atoms with Gasteiger partial charge in [-0.1, -0.05) is 19.8 Å². The predicted octanol–water partition coefficient (Wildman–Crippen LogP) is 3.54. The summed E-state index contributed by atoms with van der Waals surface area (Å²) in [5.74, 6) is -0.639. The summed E-state index contributed by atoms with van der Waals surface area (Å²) in [7, 11) is 0. The largest absolute Gasteiger partial charge is 0.395 e. The molecular formula is C13H18F2N2. The zero-order valence-electron chi connectivity index (χ0n) is 9.97. The first-order chi connectivity index (χ1) is 8.06. The summed E-state index contributed by atoms with van der Waals surface area (Å²) in [6.45, 7) is 2.20. The highest BCUT2D eigenvalue weighted by atomic mass is 19.1. The molecule has 2 unspecified atom stereocenters. The van der Waals surface area contributed by atoms with Crippen LogP contribution in [0, 0.1) is 17.6 Å². The van der Waals surface area contributed by atoms with Crippen LogP contribution in [0.25, 0.3) is 0 Å². The first-order valence-corrected chi connectivity index (χ1v) is 6.07. The molecule has 2 rings (SSSR count). The van der Waals surface area contributed by atoms with Crippen LogP contribution in [0.2, 0.25) is 0 Å². The van der Waals surface area contributed by atoms with Crippen molar-refractivity contribution in [2.75, 3.05) is 11.1 Å². The molecule has 0 aromatic heterocycles. The van der Waals surface area contributed by atoms with Gasteiger partial charge in [0, 0.05) is 12.1 Å². The number of anilines is 2. The molecule has 2 atom stereocenters. The molecule has 4 heteroatoms. The fourth-order valence-corrected chi connectivity index (χ4v) is 2.49. The number of rotatable bonds is 2. The van der Waals surface area contributed by atoms with Gasteiger partial charge in [-0.25, -0.2) is 8.78 Å². The van der Waals surface area contributed by atoms with Crippen molar-refractivity contribution in [1.29, 1.82) is 0 Å². The van der Waals surface area contributed by atoms with Gasteiger partial charge in [0.05, 0.1) is 11.4 Å². The Hall–Kier alpha value is -1.32. The highest BCUT2D eigenvalue weighted by Crippen LogP contribution is 2.29. The average molecular weight is 240 g/mol. The Morgan fingerprint density at radius 2 is 2.06 bits per heavy atom. The maximum atomic E-state index is 13.3. The van der Waals surface area contributed by atoms with E-state index in [4.69, 9.17) is 5.73 Å². The number of nitrogens with two attached hydrogens (primary N) is 1. The third-order valence-electron chi connectivity index (χ3n) is 3.39. The second-order valence-electron chi connectivity index (χ2n) is 4.96. The normalized spacial score (nSPS) is 24.6. The Morgan fingerprint density at radius 3 is 2.76 bits per heavy atom. The minimum absolute atomic E-state index is 0.00428. The molecular weight excluding hydrogens is 222 g/mol. The average Bonchev–Trinajstić information content (AvgIpc) is 2.25. The Labute approximate surface area is 100 Å². The molecule has 0 heterocycles. The van der Waals surface area contributed by atoms with Gasteiger partial charge in [-0.2, -0.15) is 0 Å². The molecule has 0 amide bonds. The van der Waals surface area contributed by atoms with Gasteiger partial charge in [0.2, 0.25) is 0 Å². The van der Waals surface area contributed by atoms with Crippen LogP contribution < -0.4 is 11.1 Å². The van der Waals surface area contributed by atoms with Crippen molar-refractivity contribution in [2.24, 2.45) is 5.92 Å². The first kappa shape index (κ1) is 12.1. The minimum atomic E-state index is -0.698. The van der Waals surface area contributed by atoms with Crippen LogP contribution in [0.5, 0.6) is 0 Å². The third-order valence-corrected chi connectivity index (χ3v) is 3.39. The Kier molecular flexibility index (Phi) is 3.50. The molecule has 3 N–H and O–H groups in total. The van der Waals surface area contributed by atoms with Gasteiger partial charge in [0.1, 0.15) is 5.82 Å². The predicted molar refractivity (Wildman–Crippen MR) is 65.8 cm³/mol. The Balaban J connectivity index is 2.12. The van der Waals surface area contributed by atoms with Crippen molar-refractivity contribution in [3.05, 3.63) is 23.8 Å². The maximum Gasteiger partial charge on any atom is 0.151 e. The highest BCUT2D eigenvalue weighted by Gasteiger charge is 2.20. The lowest BCUT2D eigenvalue weighted by atomic mass is 9.87. The van der Waals surface area contributed by atoms with E-state index in [0.717, 1.165) is 25.3 Å². The summed E-state index contributed by atoms with van der Waals surface area (Å²) in [5.41, 5.74) is 5.98. The second kappa shape index (κ2) is 4.90. The first-order valence-electron chi connectivity index (χ1n) is 6.07. The molecule has 1 fully saturated rings. The van der Waals surface area contributed by atoms with E-state index in [2.05, 4.69) is 12.2 Å². The van der Waals surface area contributed by atoms with Gasteiger partial charge in [-0.15, -0.1) is 0 Å². The van der Waals surface area contributed by atoms with Crippen LogP contribution >= 0.6 is 0 Å². The molecule has 0 aliphatic heterocycles. The monoisotopic (exact) mass is 240 g/mol. The van der Waals surface area contributed by atoms with Gasteiger partial charge < -0.3 is 11.1 Å². The fraction of sp³-hybridized carbons (Fsp3) is 0.538. The number of benzene rings is 1. The van der Waals surface area contributed by atoms with E-state index in [1.807, 2.05) is 0 Å². The summed E-state index contributed by atoms with van der Waals surface area (Å²) in [6.07, 6.45) is 4.43. The van der Waals surface area contributed by atoms with Gasteiger partial charge >= 0.3 is 0 Å². The minimum Gasteiger partial charge on any atom is -0.395 e. The lowest BCUT2D eigenvalue weighted by Gasteiger charge is -2.28. The topological polar surface area (TPSA) is 38.0 Å². The van der Waals surface area contributed by atoms with E-state index in [-0.39, 0.29) is 11.7 Å². The molecule has 94 valence electrons. The lowest BCUT2D eigenvalue weighted by Crippen LogP contribution is -2.26. The highest BCUT2D eigenvalue weighted by molar-refractivity contribution is 5.67. The quantitative estimate of drug-likeness (QED) is 0.776. The molecule has 0 saturated heterocycles. The molecule has 0 bridgehead atoms. The van der Waals surface area contributed by atoms with Crippen LogP contribution in [0.1, 0.15) is 32.6 Å². The number of nitrogen functional groups attached to an aromatic ring is 1. The molecule has 17 heavy (non-hydrogen) atoms. The molecule has 2 nitrogen and oxygen atoms in total. The van der Waals surface area contributed by atoms with E-state index in [0.29, 0.717) is 11.6 Å². The van der Waals surface area contributed by atoms with Gasteiger partial charge in [0.15, 0.2) is 5.82 Å². The number of nitrogens with one attached hydrogen (secondary N) is 1. The van der Waals surface area contributed by atoms with E-state index < -0.39 is 11.6 Å². The smallest absolute Gasteiger partial charge is 0.151 e. The van der Waals surface area contributed by atoms with Crippen LogP contribution in [0.4, 0.5) is 20.2 Å². The van der Waals surface area contributed by atoms with E-state index in [9.17, 15) is 8.78 Å². The molecule has 0 radical (unpaired) electrons. The molecule has 1 aromatic carbocycles. The van der Waals surface area contributed by atoms with E-state index in [1.54, 1.807) is 0 Å². The zero-order valence-corrected chi connectivity index (χ0v) is 9.97. The maximum absolute atomic E-state index is 13.3. The van der Waals surface area contributed by atoms with Crippen LogP contribution in [-0.4, -0.2) is 6.04 Å². The summed E-state index contributed by atoms with van der Waals surface area (Å²) >= 11 is 0. The van der Waals surface area contributed by atoms with Crippen molar-refractivity contribution >= 4 is 11.4 Å². The van der Waals surface area contributed by atoms with Crippen molar-refractivity contribution in [3.8, 4) is 0 Å². The molecule has 0 spiro atoms. The van der Waals surface area contributed by atoms with Crippen LogP contribution in [0.3, 0.4) is 0 Å². The summed E-state index contributed by atoms with van der Waals surface area (Å²) in [4.78, 5) is 0. The second-order valence-corrected chi connectivity index (χ2v) is 4.96. The molecule has 1 saturated carbocycles. The zero-order chi connectivity index (χ0) is 12.4. The number of hydrogen-bond acceptors (Lipinski definition) is 2. The fourth-order valence-electron chi connectivity index (χ4n) is 2.49. The van der Waals surface area contributed by atoms with E-state index >= 15 is 0 Å². The Morgan fingerprint density at radius 1 is 1.29 bits per heavy atom. The summed E-state index contributed by atoms with van der Waals surface area (Å²) in [6, 6.07) is 2.34. The molecule has 1 aromatic rings. The van der Waals surface area contributed by atoms with Gasteiger partial charge in [-0.05, 0) is 24.8 Å². The van der Waals surface area contributed by atoms with Gasteiger partial charge in [-0.3, -0.25) is 0 Å². The van der Waals surface area contributed by atoms with Crippen LogP contribution in [-0.2, 0) is 0 Å². The Bertz CT molecular complexity index is 407. The van der Waals surface area contributed by atoms with Crippen molar-refractivity contribution in [2.45, 2.75) is 38.6 Å². The lowest BCUT2D eigenvalue weighted by molar-refractivity contribution is 0.358.